The molecule has 1 fully saturated rings. The van der Waals surface area contributed by atoms with E-state index in [1.165, 1.54) is 18.4 Å². The second-order valence-electron chi connectivity index (χ2n) is 5.41. The largest absolute Gasteiger partial charge is 0.492 e. The molecular formula is C17H24N2O. The Bertz CT molecular complexity index is 449. The fourth-order valence-corrected chi connectivity index (χ4v) is 2.27. The van der Waals surface area contributed by atoms with Gasteiger partial charge in [-0.15, -0.1) is 6.42 Å². The topological polar surface area (TPSA) is 24.5 Å². The number of nitrogens with zero attached hydrogens (tertiary/aromatic N) is 1. The number of terminal acetylenes is 1. The van der Waals surface area contributed by atoms with E-state index in [1.807, 2.05) is 19.2 Å². The molecule has 108 valence electrons. The summed E-state index contributed by atoms with van der Waals surface area (Å²) in [6.07, 6.45) is 8.13. The molecule has 0 unspecified atom stereocenters. The highest BCUT2D eigenvalue weighted by Crippen LogP contribution is 2.29. The summed E-state index contributed by atoms with van der Waals surface area (Å²) >= 11 is 0. The van der Waals surface area contributed by atoms with E-state index in [9.17, 15) is 0 Å². The van der Waals surface area contributed by atoms with Gasteiger partial charge in [0.05, 0.1) is 6.54 Å². The molecule has 1 N–H and O–H groups in total. The molecule has 0 heterocycles. The summed E-state index contributed by atoms with van der Waals surface area (Å²) in [6.45, 7) is 4.30. The maximum Gasteiger partial charge on any atom is 0.119 e. The Labute approximate surface area is 122 Å². The predicted octanol–water partition coefficient (Wildman–Crippen LogP) is 2.13. The Kier molecular flexibility index (Phi) is 5.91. The van der Waals surface area contributed by atoms with Gasteiger partial charge in [0.15, 0.2) is 0 Å². The molecule has 1 aliphatic rings. The summed E-state index contributed by atoms with van der Waals surface area (Å²) in [7, 11) is 1.95. The first-order valence-corrected chi connectivity index (χ1v) is 7.34. The molecular weight excluding hydrogens is 248 g/mol. The van der Waals surface area contributed by atoms with Gasteiger partial charge in [0.25, 0.3) is 0 Å². The first-order valence-electron chi connectivity index (χ1n) is 7.34. The number of hydrogen-bond acceptors (Lipinski definition) is 3. The van der Waals surface area contributed by atoms with E-state index in [-0.39, 0.29) is 0 Å². The van der Waals surface area contributed by atoms with E-state index in [4.69, 9.17) is 11.2 Å². The zero-order chi connectivity index (χ0) is 14.2. The molecule has 0 aromatic heterocycles. The van der Waals surface area contributed by atoms with Crippen LogP contribution < -0.4 is 10.1 Å². The summed E-state index contributed by atoms with van der Waals surface area (Å²) in [5.41, 5.74) is 1.24. The lowest BCUT2D eigenvalue weighted by Crippen LogP contribution is -2.30. The summed E-state index contributed by atoms with van der Waals surface area (Å²) < 4.78 is 5.83. The normalized spacial score (nSPS) is 14.2. The average molecular weight is 272 g/mol. The van der Waals surface area contributed by atoms with E-state index >= 15 is 0 Å². The first kappa shape index (κ1) is 14.9. The van der Waals surface area contributed by atoms with Crippen molar-refractivity contribution < 1.29 is 4.74 Å². The minimum Gasteiger partial charge on any atom is -0.492 e. The van der Waals surface area contributed by atoms with Crippen LogP contribution in [0.15, 0.2) is 24.3 Å². The van der Waals surface area contributed by atoms with Crippen molar-refractivity contribution in [3.8, 4) is 18.1 Å². The number of nitrogens with one attached hydrogen (secondary N) is 1. The highest BCUT2D eigenvalue weighted by Gasteiger charge is 2.23. The Morgan fingerprint density at radius 1 is 1.45 bits per heavy atom. The van der Waals surface area contributed by atoms with Crippen LogP contribution in [0.2, 0.25) is 0 Å². The molecule has 1 aromatic rings. The van der Waals surface area contributed by atoms with Crippen molar-refractivity contribution in [2.45, 2.75) is 19.4 Å². The maximum atomic E-state index is 5.83. The number of rotatable bonds is 9. The molecule has 1 aromatic carbocycles. The van der Waals surface area contributed by atoms with E-state index in [1.54, 1.807) is 0 Å². The minimum atomic E-state index is 0.692. The smallest absolute Gasteiger partial charge is 0.119 e. The Morgan fingerprint density at radius 3 is 3.00 bits per heavy atom. The van der Waals surface area contributed by atoms with Gasteiger partial charge in [0, 0.05) is 19.6 Å². The summed E-state index contributed by atoms with van der Waals surface area (Å²) in [5.74, 6) is 4.54. The maximum absolute atomic E-state index is 5.83. The molecule has 0 amide bonds. The standard InChI is InChI=1S/C17H24N2O/c1-3-9-19(14-15-7-8-15)10-11-20-17-6-4-5-16(12-17)13-18-2/h1,4-6,12,15,18H,7-11,13-14H2,2H3. The SMILES string of the molecule is C#CCN(CCOc1cccc(CNC)c1)CC1CC1. The summed E-state index contributed by atoms with van der Waals surface area (Å²) in [6, 6.07) is 8.22. The highest BCUT2D eigenvalue weighted by atomic mass is 16.5. The average Bonchev–Trinajstić information content (AvgIpc) is 3.24. The fraction of sp³-hybridized carbons (Fsp3) is 0.529. The summed E-state index contributed by atoms with van der Waals surface area (Å²) in [4.78, 5) is 2.31. The highest BCUT2D eigenvalue weighted by molar-refractivity contribution is 5.28. The van der Waals surface area contributed by atoms with E-state index in [2.05, 4.69) is 28.3 Å². The van der Waals surface area contributed by atoms with Crippen molar-refractivity contribution in [3.05, 3.63) is 29.8 Å². The molecule has 0 spiro atoms. The fourth-order valence-electron chi connectivity index (χ4n) is 2.27. The molecule has 3 heteroatoms. The van der Waals surface area contributed by atoms with Crippen molar-refractivity contribution in [1.29, 1.82) is 0 Å². The van der Waals surface area contributed by atoms with Crippen LogP contribution in [0.1, 0.15) is 18.4 Å². The lowest BCUT2D eigenvalue weighted by atomic mass is 10.2. The van der Waals surface area contributed by atoms with Crippen molar-refractivity contribution in [3.63, 3.8) is 0 Å². The number of benzene rings is 1. The van der Waals surface area contributed by atoms with Crippen molar-refractivity contribution >= 4 is 0 Å². The molecule has 0 saturated heterocycles. The molecule has 0 bridgehead atoms. The quantitative estimate of drug-likeness (QED) is 0.697. The number of hydrogen-bond donors (Lipinski definition) is 1. The zero-order valence-electron chi connectivity index (χ0n) is 12.3. The van der Waals surface area contributed by atoms with Gasteiger partial charge in [-0.2, -0.15) is 0 Å². The molecule has 1 aliphatic carbocycles. The van der Waals surface area contributed by atoms with Gasteiger partial charge in [-0.25, -0.2) is 0 Å². The summed E-state index contributed by atoms with van der Waals surface area (Å²) in [5, 5.41) is 3.14. The van der Waals surface area contributed by atoms with Gasteiger partial charge in [-0.1, -0.05) is 18.1 Å². The van der Waals surface area contributed by atoms with E-state index in [0.29, 0.717) is 6.61 Å². The first-order chi connectivity index (χ1) is 9.81. The van der Waals surface area contributed by atoms with Crippen molar-refractivity contribution in [2.24, 2.45) is 5.92 Å². The van der Waals surface area contributed by atoms with Crippen LogP contribution in [0.4, 0.5) is 0 Å². The molecule has 20 heavy (non-hydrogen) atoms. The molecule has 0 radical (unpaired) electrons. The second-order valence-corrected chi connectivity index (χ2v) is 5.41. The van der Waals surface area contributed by atoms with Crippen LogP contribution in [-0.2, 0) is 6.54 Å². The molecule has 3 nitrogen and oxygen atoms in total. The Morgan fingerprint density at radius 2 is 2.30 bits per heavy atom. The third-order valence-corrected chi connectivity index (χ3v) is 3.48. The molecule has 0 aliphatic heterocycles. The Balaban J connectivity index is 1.75. The van der Waals surface area contributed by atoms with Gasteiger partial charge >= 0.3 is 0 Å². The van der Waals surface area contributed by atoms with Crippen LogP contribution in [0, 0.1) is 18.3 Å². The van der Waals surface area contributed by atoms with E-state index in [0.717, 1.165) is 37.8 Å². The van der Waals surface area contributed by atoms with Gasteiger partial charge in [0.2, 0.25) is 0 Å². The zero-order valence-corrected chi connectivity index (χ0v) is 12.3. The Hall–Kier alpha value is -1.50. The van der Waals surface area contributed by atoms with Gasteiger partial charge in [0.1, 0.15) is 12.4 Å². The van der Waals surface area contributed by atoms with Crippen molar-refractivity contribution in [1.82, 2.24) is 10.2 Å². The minimum absolute atomic E-state index is 0.692. The van der Waals surface area contributed by atoms with Gasteiger partial charge in [-0.05, 0) is 43.5 Å². The van der Waals surface area contributed by atoms with Crippen LogP contribution in [0.3, 0.4) is 0 Å². The molecule has 2 rings (SSSR count). The van der Waals surface area contributed by atoms with Crippen LogP contribution in [-0.4, -0.2) is 38.2 Å². The van der Waals surface area contributed by atoms with Gasteiger partial charge in [-0.3, -0.25) is 4.90 Å². The monoisotopic (exact) mass is 272 g/mol. The lowest BCUT2D eigenvalue weighted by Gasteiger charge is -2.19. The lowest BCUT2D eigenvalue weighted by molar-refractivity contribution is 0.219. The van der Waals surface area contributed by atoms with Crippen molar-refractivity contribution in [2.75, 3.05) is 33.3 Å². The second kappa shape index (κ2) is 7.94. The van der Waals surface area contributed by atoms with E-state index < -0.39 is 0 Å². The third-order valence-electron chi connectivity index (χ3n) is 3.48. The third kappa shape index (κ3) is 5.24. The van der Waals surface area contributed by atoms with Crippen LogP contribution in [0.25, 0.3) is 0 Å². The van der Waals surface area contributed by atoms with Crippen LogP contribution >= 0.6 is 0 Å². The van der Waals surface area contributed by atoms with Gasteiger partial charge < -0.3 is 10.1 Å². The molecule has 1 saturated carbocycles. The number of ether oxygens (including phenoxy) is 1. The molecule has 0 atom stereocenters. The predicted molar refractivity (Wildman–Crippen MR) is 82.7 cm³/mol. The van der Waals surface area contributed by atoms with Crippen LogP contribution in [0.5, 0.6) is 5.75 Å².